The number of methoxy groups -OCH3 is 1. The Balaban J connectivity index is 0.937. The van der Waals surface area contributed by atoms with Crippen molar-refractivity contribution in [1.29, 1.82) is 0 Å². The molecular weight excluding hydrogens is 1260 g/mol. The van der Waals surface area contributed by atoms with Crippen LogP contribution in [0, 0.1) is 0 Å². The van der Waals surface area contributed by atoms with Crippen molar-refractivity contribution in [3.05, 3.63) is 336 Å². The van der Waals surface area contributed by atoms with Gasteiger partial charge in [-0.3, -0.25) is 0 Å². The third-order valence-corrected chi connectivity index (χ3v) is 18.2. The highest BCUT2D eigenvalue weighted by atomic mass is 16.8. The van der Waals surface area contributed by atoms with E-state index in [0.717, 1.165) is 50.1 Å². The molecule has 0 N–H and O–H groups in total. The van der Waals surface area contributed by atoms with Crippen molar-refractivity contribution in [1.82, 2.24) is 0 Å². The number of fused-ring (bicyclic) bond motifs is 1. The van der Waals surface area contributed by atoms with Gasteiger partial charge in [-0.1, -0.05) is 279 Å². The molecule has 0 spiro atoms. The van der Waals surface area contributed by atoms with E-state index in [2.05, 4.69) is 6.58 Å². The minimum absolute atomic E-state index is 0.0356. The van der Waals surface area contributed by atoms with E-state index in [4.69, 9.17) is 75.8 Å². The van der Waals surface area contributed by atoms with E-state index < -0.39 is 105 Å². The standard InChI is InChI=1S/C84H88O16/c1-3-68-72-76(99-81(94-68)67-47-29-12-30-48-67)77(80(82(85-2)97-72)93-56-66-45-27-11-28-46-66)100-84-79(92-55-65-43-25-10-26-44-65)75(90-53-63-39-21-8-22-40-63)73(70(96-84)58-87-50-60-33-15-5-16-34-60)98-83-78(91-54-64-41-23-9-24-42-64)74(89-52-62-37-19-7-20-38-62)71(88-51-61-35-17-6-18-36-61)69(95-83)57-86-49-59-31-13-4-14-32-59/h3-48,68-84H,1,49-58H2,2H3/t68-,69+,70+,71-,72+,73+,74-,75-,76+,77-,78+,79+,80-,81?,82-,83-,84+/m0/s1. The van der Waals surface area contributed by atoms with Gasteiger partial charge in [0.1, 0.15) is 79.4 Å². The third-order valence-electron chi connectivity index (χ3n) is 18.2. The fraction of sp³-hybridized carbons (Fsp3) is 0.333. The zero-order valence-electron chi connectivity index (χ0n) is 56.2. The predicted molar refractivity (Wildman–Crippen MR) is 374 cm³/mol. The smallest absolute Gasteiger partial charge is 0.187 e. The van der Waals surface area contributed by atoms with Gasteiger partial charge in [-0.15, -0.1) is 6.58 Å². The highest BCUT2D eigenvalue weighted by molar-refractivity contribution is 5.22. The largest absolute Gasteiger partial charge is 0.374 e. The summed E-state index contributed by atoms with van der Waals surface area (Å²) in [5.74, 6) is 0. The van der Waals surface area contributed by atoms with E-state index in [1.807, 2.05) is 273 Å². The summed E-state index contributed by atoms with van der Waals surface area (Å²) in [6.07, 6.45) is -14.6. The molecule has 4 aliphatic heterocycles. The lowest BCUT2D eigenvalue weighted by atomic mass is 9.92. The van der Waals surface area contributed by atoms with Crippen LogP contribution in [0.5, 0.6) is 0 Å². The van der Waals surface area contributed by atoms with Crippen molar-refractivity contribution in [2.24, 2.45) is 0 Å². The molecule has 9 aromatic rings. The average Bonchev–Trinajstić information content (AvgIpc) is 0.808. The molecule has 4 heterocycles. The molecule has 0 amide bonds. The van der Waals surface area contributed by atoms with Gasteiger partial charge in [0.25, 0.3) is 0 Å². The van der Waals surface area contributed by atoms with Crippen molar-refractivity contribution in [3.63, 3.8) is 0 Å². The van der Waals surface area contributed by atoms with Crippen molar-refractivity contribution in [2.45, 2.75) is 157 Å². The quantitative estimate of drug-likeness (QED) is 0.0359. The van der Waals surface area contributed by atoms with Crippen molar-refractivity contribution in [3.8, 4) is 0 Å². The molecule has 520 valence electrons. The Morgan fingerprint density at radius 3 is 0.950 bits per heavy atom. The van der Waals surface area contributed by atoms with E-state index in [1.165, 1.54) is 0 Å². The summed E-state index contributed by atoms with van der Waals surface area (Å²) in [5, 5.41) is 0. The maximum absolute atomic E-state index is 7.86. The van der Waals surface area contributed by atoms with E-state index in [1.54, 1.807) is 13.2 Å². The molecule has 0 bridgehead atoms. The van der Waals surface area contributed by atoms with Crippen LogP contribution in [0.1, 0.15) is 56.4 Å². The summed E-state index contributed by atoms with van der Waals surface area (Å²) in [7, 11) is 1.58. The second-order valence-corrected chi connectivity index (χ2v) is 25.2. The number of rotatable bonds is 33. The van der Waals surface area contributed by atoms with E-state index >= 15 is 0 Å². The first-order valence-electron chi connectivity index (χ1n) is 34.4. The van der Waals surface area contributed by atoms with E-state index in [9.17, 15) is 0 Å². The van der Waals surface area contributed by atoms with Gasteiger partial charge in [-0.2, -0.15) is 0 Å². The Kier molecular flexibility index (Phi) is 25.8. The molecule has 1 unspecified atom stereocenters. The summed E-state index contributed by atoms with van der Waals surface area (Å²) < 4.78 is 115. The summed E-state index contributed by atoms with van der Waals surface area (Å²) in [6, 6.07) is 89.8. The minimum Gasteiger partial charge on any atom is -0.374 e. The second-order valence-electron chi connectivity index (χ2n) is 25.2. The van der Waals surface area contributed by atoms with Crippen molar-refractivity contribution in [2.75, 3.05) is 20.3 Å². The lowest BCUT2D eigenvalue weighted by Gasteiger charge is -2.53. The summed E-state index contributed by atoms with van der Waals surface area (Å²) in [5.41, 5.74) is 8.26. The number of hydrogen-bond donors (Lipinski definition) is 0. The van der Waals surface area contributed by atoms with Crippen LogP contribution < -0.4 is 0 Å². The van der Waals surface area contributed by atoms with Crippen LogP contribution in [-0.4, -0.2) is 119 Å². The van der Waals surface area contributed by atoms with Gasteiger partial charge in [0.2, 0.25) is 0 Å². The first kappa shape index (κ1) is 70.5. The number of hydrogen-bond acceptors (Lipinski definition) is 16. The molecule has 17 atom stereocenters. The van der Waals surface area contributed by atoms with Gasteiger partial charge < -0.3 is 75.8 Å². The Labute approximate surface area is 586 Å². The lowest BCUT2D eigenvalue weighted by Crippen LogP contribution is -2.69. The Bertz CT molecular complexity index is 3760. The first-order valence-corrected chi connectivity index (χ1v) is 34.4. The summed E-state index contributed by atoms with van der Waals surface area (Å²) in [6.45, 7) is 5.81. The molecule has 0 aromatic heterocycles. The summed E-state index contributed by atoms with van der Waals surface area (Å²) in [4.78, 5) is 0. The topological polar surface area (TPSA) is 148 Å². The minimum atomic E-state index is -1.28. The predicted octanol–water partition coefficient (Wildman–Crippen LogP) is 14.2. The molecule has 4 fully saturated rings. The Hall–Kier alpha value is -7.92. The maximum Gasteiger partial charge on any atom is 0.187 e. The molecule has 16 heteroatoms. The number of ether oxygens (including phenoxy) is 16. The van der Waals surface area contributed by atoms with E-state index in [0.29, 0.717) is 6.61 Å². The van der Waals surface area contributed by atoms with Crippen molar-refractivity contribution >= 4 is 0 Å². The summed E-state index contributed by atoms with van der Waals surface area (Å²) >= 11 is 0. The van der Waals surface area contributed by atoms with Crippen molar-refractivity contribution < 1.29 is 75.8 Å². The molecule has 0 saturated carbocycles. The average molecular weight is 1350 g/mol. The molecule has 100 heavy (non-hydrogen) atoms. The zero-order valence-corrected chi connectivity index (χ0v) is 56.2. The highest BCUT2D eigenvalue weighted by Gasteiger charge is 2.59. The van der Waals surface area contributed by atoms with Crippen LogP contribution in [0.25, 0.3) is 0 Å². The monoisotopic (exact) mass is 1350 g/mol. The van der Waals surface area contributed by atoms with E-state index in [-0.39, 0.29) is 59.5 Å². The molecule has 16 nitrogen and oxygen atoms in total. The van der Waals surface area contributed by atoms with Gasteiger partial charge in [0, 0.05) is 12.7 Å². The molecule has 0 aliphatic carbocycles. The Morgan fingerprint density at radius 1 is 0.290 bits per heavy atom. The van der Waals surface area contributed by atoms with Gasteiger partial charge in [-0.05, 0) is 44.5 Å². The third kappa shape index (κ3) is 19.0. The van der Waals surface area contributed by atoms with Crippen LogP contribution in [0.2, 0.25) is 0 Å². The normalized spacial score (nSPS) is 27.4. The van der Waals surface area contributed by atoms with Gasteiger partial charge in [0.15, 0.2) is 25.2 Å². The van der Waals surface area contributed by atoms with Crippen LogP contribution in [0.4, 0.5) is 0 Å². The van der Waals surface area contributed by atoms with Gasteiger partial charge in [0.05, 0.1) is 66.1 Å². The molecule has 0 radical (unpaired) electrons. The van der Waals surface area contributed by atoms with Crippen LogP contribution in [0.15, 0.2) is 286 Å². The molecule has 4 aliphatic rings. The molecule has 9 aromatic carbocycles. The van der Waals surface area contributed by atoms with Crippen LogP contribution >= 0.6 is 0 Å². The van der Waals surface area contributed by atoms with Crippen LogP contribution in [-0.2, 0) is 129 Å². The maximum atomic E-state index is 7.86. The second kappa shape index (κ2) is 36.6. The molecular formula is C84H88O16. The molecule has 13 rings (SSSR count). The van der Waals surface area contributed by atoms with Gasteiger partial charge >= 0.3 is 0 Å². The zero-order chi connectivity index (χ0) is 67.9. The SMILES string of the molecule is C=C[C@@H]1OC(c2ccccc2)O[C@H]2[C@H](O[C@H]3O[C@H](COCc4ccccc4)[C@@H](O[C@@H]4O[C@H](COCc5ccccc5)[C@H](OCc5ccccc5)[C@H](OCc5ccccc5)[C@H]4OCc4ccccc4)[C@H](OCc4ccccc4)[C@H]3OCc3ccccc3)[C@H](OCc3ccccc3)[C@@H](OC)O[C@@H]21. The fourth-order valence-corrected chi connectivity index (χ4v) is 13.1. The highest BCUT2D eigenvalue weighted by Crippen LogP contribution is 2.43. The van der Waals surface area contributed by atoms with Crippen LogP contribution in [0.3, 0.4) is 0 Å². The Morgan fingerprint density at radius 2 is 0.590 bits per heavy atom. The molecule has 4 saturated heterocycles. The van der Waals surface area contributed by atoms with Gasteiger partial charge in [-0.25, -0.2) is 0 Å². The lowest BCUT2D eigenvalue weighted by molar-refractivity contribution is -0.413. The first-order chi connectivity index (χ1) is 49.5. The fourth-order valence-electron chi connectivity index (χ4n) is 13.1. The number of benzene rings is 9.